The molecule has 0 saturated heterocycles. The molecule has 0 aliphatic rings. The number of para-hydroxylation sites is 1. The van der Waals surface area contributed by atoms with Gasteiger partial charge in [0.1, 0.15) is 6.54 Å². The number of amides is 1. The molecule has 162 valence electrons. The van der Waals surface area contributed by atoms with Crippen molar-refractivity contribution in [2.45, 2.75) is 26.8 Å². The van der Waals surface area contributed by atoms with Crippen LogP contribution in [0.5, 0.6) is 0 Å². The predicted octanol–water partition coefficient (Wildman–Crippen LogP) is 4.28. The Morgan fingerprint density at radius 3 is 1.97 bits per heavy atom. The number of sulfonamides is 1. The zero-order chi connectivity index (χ0) is 22.6. The van der Waals surface area contributed by atoms with Crippen LogP contribution in [0.3, 0.4) is 0 Å². The van der Waals surface area contributed by atoms with Crippen LogP contribution >= 0.6 is 0 Å². The van der Waals surface area contributed by atoms with Crippen LogP contribution in [0, 0.1) is 20.8 Å². The van der Waals surface area contributed by atoms with Crippen LogP contribution in [0.1, 0.15) is 33.9 Å². The molecule has 0 aromatic heterocycles. The van der Waals surface area contributed by atoms with Crippen LogP contribution in [0.4, 0.5) is 5.69 Å². The number of rotatable bonds is 7. The monoisotopic (exact) mass is 436 g/mol. The summed E-state index contributed by atoms with van der Waals surface area (Å²) < 4.78 is 26.4. The third kappa shape index (κ3) is 5.33. The number of carbonyl (C=O) groups excluding carboxylic acids is 1. The molecule has 6 heteroatoms. The average molecular weight is 437 g/mol. The molecule has 1 atom stereocenters. The number of anilines is 1. The topological polar surface area (TPSA) is 66.5 Å². The second-order valence-corrected chi connectivity index (χ2v) is 9.68. The standard InChI is InChI=1S/C25H28N2O3S/c1-18-11-8-9-16-22(18)24(21-14-6-5-7-15-21)26-23(28)17-27(31(4,29)30)25-19(2)12-10-13-20(25)3/h5-16,24H,17H2,1-4H3,(H,26,28). The van der Waals surface area contributed by atoms with Crippen molar-refractivity contribution in [1.29, 1.82) is 0 Å². The first-order chi connectivity index (χ1) is 14.7. The molecule has 0 aliphatic carbocycles. The highest BCUT2D eigenvalue weighted by Gasteiger charge is 2.26. The third-order valence-electron chi connectivity index (χ3n) is 5.31. The summed E-state index contributed by atoms with van der Waals surface area (Å²) in [5.41, 5.74) is 5.11. The van der Waals surface area contributed by atoms with Crippen molar-refractivity contribution in [3.05, 3.63) is 101 Å². The minimum atomic E-state index is -3.66. The summed E-state index contributed by atoms with van der Waals surface area (Å²) in [4.78, 5) is 13.1. The second-order valence-electron chi connectivity index (χ2n) is 7.78. The maximum Gasteiger partial charge on any atom is 0.241 e. The van der Waals surface area contributed by atoms with Gasteiger partial charge in [-0.1, -0.05) is 72.8 Å². The van der Waals surface area contributed by atoms with E-state index in [1.165, 1.54) is 4.31 Å². The maximum absolute atomic E-state index is 13.1. The van der Waals surface area contributed by atoms with Crippen molar-refractivity contribution in [3.63, 3.8) is 0 Å². The van der Waals surface area contributed by atoms with E-state index in [1.807, 2.05) is 93.6 Å². The minimum absolute atomic E-state index is 0.292. The number of nitrogens with zero attached hydrogens (tertiary/aromatic N) is 1. The van der Waals surface area contributed by atoms with Gasteiger partial charge in [-0.3, -0.25) is 9.10 Å². The predicted molar refractivity (Wildman–Crippen MR) is 126 cm³/mol. The number of benzene rings is 3. The number of carbonyl (C=O) groups is 1. The Hall–Kier alpha value is -3.12. The van der Waals surface area contributed by atoms with Crippen LogP contribution in [0.2, 0.25) is 0 Å². The summed E-state index contributed by atoms with van der Waals surface area (Å²) in [5.74, 6) is -0.370. The minimum Gasteiger partial charge on any atom is -0.344 e. The summed E-state index contributed by atoms with van der Waals surface area (Å²) in [7, 11) is -3.66. The SMILES string of the molecule is Cc1ccccc1C(NC(=O)CN(c1c(C)cccc1C)S(C)(=O)=O)c1ccccc1. The van der Waals surface area contributed by atoms with Gasteiger partial charge < -0.3 is 5.32 Å². The van der Waals surface area contributed by atoms with E-state index < -0.39 is 10.0 Å². The van der Waals surface area contributed by atoms with E-state index in [0.717, 1.165) is 34.1 Å². The highest BCUT2D eigenvalue weighted by molar-refractivity contribution is 7.92. The Balaban J connectivity index is 1.95. The van der Waals surface area contributed by atoms with Gasteiger partial charge in [-0.2, -0.15) is 0 Å². The first kappa shape index (κ1) is 22.6. The Bertz CT molecular complexity index is 1150. The molecule has 1 amide bonds. The summed E-state index contributed by atoms with van der Waals surface area (Å²) in [5, 5.41) is 3.06. The van der Waals surface area contributed by atoms with Crippen molar-refractivity contribution >= 4 is 21.6 Å². The normalized spacial score (nSPS) is 12.3. The van der Waals surface area contributed by atoms with E-state index in [1.54, 1.807) is 0 Å². The molecule has 0 aliphatic heterocycles. The van der Waals surface area contributed by atoms with Gasteiger partial charge in [-0.25, -0.2) is 8.42 Å². The first-order valence-electron chi connectivity index (χ1n) is 10.1. The molecule has 3 aromatic carbocycles. The molecule has 0 bridgehead atoms. The molecule has 0 fully saturated rings. The van der Waals surface area contributed by atoms with Crippen LogP contribution < -0.4 is 9.62 Å². The van der Waals surface area contributed by atoms with Crippen molar-refractivity contribution in [2.24, 2.45) is 0 Å². The second kappa shape index (κ2) is 9.35. The van der Waals surface area contributed by atoms with Crippen molar-refractivity contribution in [3.8, 4) is 0 Å². The molecule has 1 N–H and O–H groups in total. The molecule has 31 heavy (non-hydrogen) atoms. The zero-order valence-electron chi connectivity index (χ0n) is 18.3. The van der Waals surface area contributed by atoms with Gasteiger partial charge in [0.2, 0.25) is 15.9 Å². The van der Waals surface area contributed by atoms with Crippen LogP contribution in [-0.4, -0.2) is 27.1 Å². The van der Waals surface area contributed by atoms with Gasteiger partial charge in [0, 0.05) is 0 Å². The first-order valence-corrected chi connectivity index (χ1v) is 12.0. The van der Waals surface area contributed by atoms with Gasteiger partial charge >= 0.3 is 0 Å². The molecule has 1 unspecified atom stereocenters. The highest BCUT2D eigenvalue weighted by atomic mass is 32.2. The van der Waals surface area contributed by atoms with Gasteiger partial charge in [0.15, 0.2) is 0 Å². The van der Waals surface area contributed by atoms with Crippen LogP contribution in [0.25, 0.3) is 0 Å². The number of hydrogen-bond acceptors (Lipinski definition) is 3. The molecule has 0 spiro atoms. The zero-order valence-corrected chi connectivity index (χ0v) is 19.1. The van der Waals surface area contributed by atoms with E-state index >= 15 is 0 Å². The summed E-state index contributed by atoms with van der Waals surface area (Å²) in [6, 6.07) is 22.7. The number of aryl methyl sites for hydroxylation is 3. The number of hydrogen-bond donors (Lipinski definition) is 1. The lowest BCUT2D eigenvalue weighted by molar-refractivity contribution is -0.120. The van der Waals surface area contributed by atoms with Crippen molar-refractivity contribution in [1.82, 2.24) is 5.32 Å². The van der Waals surface area contributed by atoms with Crippen molar-refractivity contribution < 1.29 is 13.2 Å². The lowest BCUT2D eigenvalue weighted by Crippen LogP contribution is -2.42. The molecule has 5 nitrogen and oxygen atoms in total. The summed E-state index contributed by atoms with van der Waals surface area (Å²) >= 11 is 0. The van der Waals surface area contributed by atoms with E-state index in [9.17, 15) is 13.2 Å². The molecule has 0 heterocycles. The molecule has 3 aromatic rings. The fraction of sp³-hybridized carbons (Fsp3) is 0.240. The van der Waals surface area contributed by atoms with E-state index in [-0.39, 0.29) is 18.5 Å². The Kier molecular flexibility index (Phi) is 6.81. The highest BCUT2D eigenvalue weighted by Crippen LogP contribution is 2.28. The van der Waals surface area contributed by atoms with Gasteiger partial charge in [-0.15, -0.1) is 0 Å². The largest absolute Gasteiger partial charge is 0.344 e. The molecule has 0 radical (unpaired) electrons. The van der Waals surface area contributed by atoms with Gasteiger partial charge in [0.25, 0.3) is 0 Å². The average Bonchev–Trinajstić information content (AvgIpc) is 2.72. The van der Waals surface area contributed by atoms with E-state index in [0.29, 0.717) is 5.69 Å². The third-order valence-corrected chi connectivity index (χ3v) is 6.43. The quantitative estimate of drug-likeness (QED) is 0.601. The summed E-state index contributed by atoms with van der Waals surface area (Å²) in [6.07, 6.45) is 1.13. The number of nitrogens with one attached hydrogen (secondary N) is 1. The smallest absolute Gasteiger partial charge is 0.241 e. The summed E-state index contributed by atoms with van der Waals surface area (Å²) in [6.45, 7) is 5.40. The molecule has 0 saturated carbocycles. The lowest BCUT2D eigenvalue weighted by Gasteiger charge is -2.27. The molecule has 3 rings (SSSR count). The van der Waals surface area contributed by atoms with Gasteiger partial charge in [-0.05, 0) is 48.6 Å². The van der Waals surface area contributed by atoms with Crippen molar-refractivity contribution in [2.75, 3.05) is 17.1 Å². The van der Waals surface area contributed by atoms with Crippen LogP contribution in [0.15, 0.2) is 72.8 Å². The van der Waals surface area contributed by atoms with Crippen LogP contribution in [-0.2, 0) is 14.8 Å². The molecular formula is C25H28N2O3S. The van der Waals surface area contributed by atoms with E-state index in [4.69, 9.17) is 0 Å². The molecular weight excluding hydrogens is 408 g/mol. The Morgan fingerprint density at radius 1 is 0.839 bits per heavy atom. The fourth-order valence-corrected chi connectivity index (χ4v) is 4.77. The fourth-order valence-electron chi connectivity index (χ4n) is 3.80. The lowest BCUT2D eigenvalue weighted by atomic mass is 9.95. The van der Waals surface area contributed by atoms with Gasteiger partial charge in [0.05, 0.1) is 18.0 Å². The van der Waals surface area contributed by atoms with E-state index in [2.05, 4.69) is 5.32 Å². The Morgan fingerprint density at radius 2 is 1.39 bits per heavy atom. The Labute approximate surface area is 184 Å². The maximum atomic E-state index is 13.1.